The van der Waals surface area contributed by atoms with Crippen LogP contribution in [-0.2, 0) is 43.3 Å². The highest BCUT2D eigenvalue weighted by Crippen LogP contribution is 2.65. The molecule has 0 saturated carbocycles. The van der Waals surface area contributed by atoms with E-state index in [1.54, 1.807) is 0 Å². The molecule has 7 rings (SSSR count). The molecule has 360 valence electrons. The molecule has 0 aromatic heterocycles. The minimum Gasteiger partial charge on any atom is -0.0616 e. The van der Waals surface area contributed by atoms with Crippen molar-refractivity contribution >= 4 is 0 Å². The summed E-state index contributed by atoms with van der Waals surface area (Å²) in [5, 5.41) is 0. The lowest BCUT2D eigenvalue weighted by Crippen LogP contribution is -2.26. The van der Waals surface area contributed by atoms with Gasteiger partial charge in [0.2, 0.25) is 0 Å². The fraction of sp³-hybridized carbons (Fsp3) is 0.471. The summed E-state index contributed by atoms with van der Waals surface area (Å²) in [4.78, 5) is 0. The van der Waals surface area contributed by atoms with E-state index >= 15 is 0 Å². The standard InChI is InChI=1S/C68H88/c1-61(2,3)47-37-27-33-43(57(47)65(13,14)15)53-51-41-31-25-26-32-42(41)52(51)54(44-34-28-38-48(62(4,5)6)58(44)66(16,17)18)56(46-36-30-40-50(64(10,11)12)60(46)68(22,23)24)55(53)45-35-29-39-49(63(7,8)9)59(45)67(19,20)21/h25-40H,1-24H3. The third-order valence-corrected chi connectivity index (χ3v) is 14.5. The van der Waals surface area contributed by atoms with E-state index in [1.165, 1.54) is 111 Å². The second-order valence-electron chi connectivity index (χ2n) is 28.7. The van der Waals surface area contributed by atoms with E-state index in [9.17, 15) is 0 Å². The number of hydrogen-bond donors (Lipinski definition) is 0. The summed E-state index contributed by atoms with van der Waals surface area (Å²) in [7, 11) is 0. The Morgan fingerprint density at radius 3 is 0.500 bits per heavy atom. The molecule has 0 amide bonds. The average molecular weight is 905 g/mol. The van der Waals surface area contributed by atoms with Crippen LogP contribution in [0.5, 0.6) is 0 Å². The van der Waals surface area contributed by atoms with Crippen LogP contribution in [0.2, 0.25) is 0 Å². The molecular formula is C68H88. The van der Waals surface area contributed by atoms with E-state index in [0.717, 1.165) is 0 Å². The maximum absolute atomic E-state index is 2.50. The van der Waals surface area contributed by atoms with E-state index in [4.69, 9.17) is 0 Å². The molecule has 0 unspecified atom stereocenters. The van der Waals surface area contributed by atoms with Gasteiger partial charge in [0.15, 0.2) is 0 Å². The predicted molar refractivity (Wildman–Crippen MR) is 302 cm³/mol. The van der Waals surface area contributed by atoms with E-state index in [0.29, 0.717) is 0 Å². The van der Waals surface area contributed by atoms with Gasteiger partial charge < -0.3 is 0 Å². The van der Waals surface area contributed by atoms with Crippen molar-refractivity contribution in [1.29, 1.82) is 0 Å². The highest BCUT2D eigenvalue weighted by Gasteiger charge is 2.43. The van der Waals surface area contributed by atoms with Crippen molar-refractivity contribution in [2.45, 2.75) is 209 Å². The van der Waals surface area contributed by atoms with Crippen LogP contribution in [0.3, 0.4) is 0 Å². The van der Waals surface area contributed by atoms with Crippen molar-refractivity contribution in [3.63, 3.8) is 0 Å². The van der Waals surface area contributed by atoms with Gasteiger partial charge in [-0.15, -0.1) is 0 Å². The Balaban J connectivity index is 2.00. The fourth-order valence-electron chi connectivity index (χ4n) is 12.0. The minimum absolute atomic E-state index is 0.0786. The number of fused-ring (bicyclic) bond motifs is 4. The highest BCUT2D eigenvalue weighted by atomic mass is 14.5. The van der Waals surface area contributed by atoms with Gasteiger partial charge in [-0.2, -0.15) is 0 Å². The monoisotopic (exact) mass is 905 g/mol. The zero-order chi connectivity index (χ0) is 50.9. The van der Waals surface area contributed by atoms with E-state index in [1.807, 2.05) is 0 Å². The second kappa shape index (κ2) is 16.5. The zero-order valence-electron chi connectivity index (χ0n) is 47.2. The molecule has 0 atom stereocenters. The lowest BCUT2D eigenvalue weighted by Gasteiger charge is -2.41. The van der Waals surface area contributed by atoms with Crippen molar-refractivity contribution < 1.29 is 0 Å². The topological polar surface area (TPSA) is 0 Å². The zero-order valence-corrected chi connectivity index (χ0v) is 47.2. The van der Waals surface area contributed by atoms with Gasteiger partial charge in [0, 0.05) is 0 Å². The van der Waals surface area contributed by atoms with Crippen LogP contribution in [0.4, 0.5) is 0 Å². The first-order valence-corrected chi connectivity index (χ1v) is 25.8. The van der Waals surface area contributed by atoms with Gasteiger partial charge in [-0.25, -0.2) is 0 Å². The first-order chi connectivity index (χ1) is 30.9. The van der Waals surface area contributed by atoms with Crippen LogP contribution in [0.15, 0.2) is 97.1 Å². The lowest BCUT2D eigenvalue weighted by molar-refractivity contribution is 0.530. The van der Waals surface area contributed by atoms with E-state index in [-0.39, 0.29) is 43.3 Å². The van der Waals surface area contributed by atoms with Crippen molar-refractivity contribution in [2.24, 2.45) is 0 Å². The Hall–Kier alpha value is -4.68. The van der Waals surface area contributed by atoms with Crippen LogP contribution in [0.1, 0.15) is 211 Å². The molecule has 1 aliphatic rings. The SMILES string of the molecule is CC(C)(C)c1cccc(-c2c3c(c(-c4cccc(C(C)(C)C)c4C(C)(C)C)c(-c4cccc(C(C)(C)C)c4C(C)(C)C)c2-c2cccc(C(C)(C)C)c2C(C)(C)C)-c2ccccc2-3)c1C(C)(C)C. The molecule has 0 nitrogen and oxygen atoms in total. The van der Waals surface area contributed by atoms with Crippen LogP contribution in [-0.4, -0.2) is 0 Å². The molecule has 0 heteroatoms. The Morgan fingerprint density at radius 1 is 0.176 bits per heavy atom. The Kier molecular flexibility index (Phi) is 12.4. The molecule has 6 aromatic rings. The summed E-state index contributed by atoms with van der Waals surface area (Å²) < 4.78 is 0. The smallest absolute Gasteiger partial charge is 0.000730 e. The minimum atomic E-state index is -0.183. The van der Waals surface area contributed by atoms with Crippen molar-refractivity contribution in [3.05, 3.63) is 142 Å². The van der Waals surface area contributed by atoms with E-state index in [2.05, 4.69) is 263 Å². The largest absolute Gasteiger partial charge is 0.0616 e. The fourth-order valence-corrected chi connectivity index (χ4v) is 12.0. The van der Waals surface area contributed by atoms with Gasteiger partial charge in [-0.3, -0.25) is 0 Å². The normalized spacial score (nSPS) is 13.9. The third-order valence-electron chi connectivity index (χ3n) is 14.5. The summed E-state index contributed by atoms with van der Waals surface area (Å²) in [6.07, 6.45) is 0. The highest BCUT2D eigenvalue weighted by molar-refractivity contribution is 6.23. The molecule has 0 heterocycles. The molecular weight excluding hydrogens is 817 g/mol. The summed E-state index contributed by atoms with van der Waals surface area (Å²) in [5.41, 5.74) is 26.7. The van der Waals surface area contributed by atoms with Gasteiger partial charge in [0.25, 0.3) is 0 Å². The number of hydrogen-bond acceptors (Lipinski definition) is 0. The third kappa shape index (κ3) is 8.90. The van der Waals surface area contributed by atoms with Crippen molar-refractivity contribution in [1.82, 2.24) is 0 Å². The van der Waals surface area contributed by atoms with Crippen LogP contribution in [0, 0.1) is 0 Å². The number of rotatable bonds is 4. The Bertz CT molecular complexity index is 2720. The van der Waals surface area contributed by atoms with Crippen molar-refractivity contribution in [2.75, 3.05) is 0 Å². The average Bonchev–Trinajstić information content (AvgIpc) is 3.18. The van der Waals surface area contributed by atoms with Crippen LogP contribution >= 0.6 is 0 Å². The van der Waals surface area contributed by atoms with Crippen molar-refractivity contribution in [3.8, 4) is 66.8 Å². The van der Waals surface area contributed by atoms with Gasteiger partial charge in [-0.05, 0) is 155 Å². The van der Waals surface area contributed by atoms with Crippen LogP contribution in [0.25, 0.3) is 66.8 Å². The maximum Gasteiger partial charge on any atom is -0.000730 e. The molecule has 0 fully saturated rings. The summed E-state index contributed by atoms with van der Waals surface area (Å²) in [6, 6.07) is 38.5. The number of benzene rings is 6. The van der Waals surface area contributed by atoms with Gasteiger partial charge in [0.05, 0.1) is 0 Å². The quantitative estimate of drug-likeness (QED) is 0.165. The second-order valence-corrected chi connectivity index (χ2v) is 28.7. The maximum atomic E-state index is 2.50. The molecule has 68 heavy (non-hydrogen) atoms. The van der Waals surface area contributed by atoms with Gasteiger partial charge in [-0.1, -0.05) is 263 Å². The van der Waals surface area contributed by atoms with Crippen LogP contribution < -0.4 is 0 Å². The Labute approximate surface area is 415 Å². The molecule has 0 N–H and O–H groups in total. The molecule has 0 bridgehead atoms. The lowest BCUT2D eigenvalue weighted by atomic mass is 9.61. The molecule has 0 aliphatic heterocycles. The first-order valence-electron chi connectivity index (χ1n) is 25.8. The molecule has 0 radical (unpaired) electrons. The molecule has 1 aliphatic carbocycles. The van der Waals surface area contributed by atoms with Gasteiger partial charge in [0.1, 0.15) is 0 Å². The summed E-state index contributed by atoms with van der Waals surface area (Å²) in [5.74, 6) is 0. The van der Waals surface area contributed by atoms with E-state index < -0.39 is 0 Å². The Morgan fingerprint density at radius 2 is 0.338 bits per heavy atom. The summed E-state index contributed by atoms with van der Waals surface area (Å²) in [6.45, 7) is 58.2. The first kappa shape index (κ1) is 51.2. The molecule has 6 aromatic carbocycles. The summed E-state index contributed by atoms with van der Waals surface area (Å²) >= 11 is 0. The predicted octanol–water partition coefficient (Wildman–Crippen LogP) is 20.4. The molecule has 0 saturated heterocycles. The van der Waals surface area contributed by atoms with Gasteiger partial charge >= 0.3 is 0 Å². The molecule has 0 spiro atoms.